The number of β-amino-alcohol motifs (C(OH)–C–C–N with tert-alkyl or cyclic N) is 1. The zero-order chi connectivity index (χ0) is 33.1. The van der Waals surface area contributed by atoms with Gasteiger partial charge in [0, 0.05) is 55.1 Å². The molecule has 5 fully saturated rings. The Morgan fingerprint density at radius 2 is 1.70 bits per heavy atom. The second-order valence-electron chi connectivity index (χ2n) is 14.7. The number of hydrogen-bond donors (Lipinski definition) is 4. The van der Waals surface area contributed by atoms with Gasteiger partial charge in [-0.25, -0.2) is 0 Å². The Bertz CT molecular complexity index is 1730. The van der Waals surface area contributed by atoms with Crippen LogP contribution in [0.1, 0.15) is 56.1 Å². The maximum atomic E-state index is 14.5. The SMILES string of the molecule is CN(Cc1ccccc1Cl)C(=O)C(Cc1c[nH]c2ccccc12)NC(=O)C1CC(O)CN1C(=O)C12CC3CC(CC(C(N)=O)(C3)C1)C2. The highest BCUT2D eigenvalue weighted by molar-refractivity contribution is 6.31. The number of benzene rings is 2. The molecule has 4 saturated carbocycles. The number of aromatic nitrogens is 1. The van der Waals surface area contributed by atoms with Crippen molar-refractivity contribution in [1.29, 1.82) is 0 Å². The quantitative estimate of drug-likeness (QED) is 0.277. The standard InChI is InChI=1S/C36H42ClN5O5/c1-41(18-23-6-2-4-8-27(23)37)32(45)29(11-24-17-39-28-9-5-3-7-26(24)28)40-31(44)30-12-25(43)19-42(30)34(47)36-15-21-10-22(16-36)14-35(13-21,20-36)33(38)46/h2-9,17,21-22,25,29-30,39,43H,10-16,18-20H2,1H3,(H2,38,46)(H,40,44). The summed E-state index contributed by atoms with van der Waals surface area (Å²) in [5.74, 6) is -0.792. The molecule has 2 aromatic carbocycles. The van der Waals surface area contributed by atoms with Crippen molar-refractivity contribution >= 4 is 46.1 Å². The Morgan fingerprint density at radius 1 is 1.02 bits per heavy atom. The number of aromatic amines is 1. The first-order chi connectivity index (χ1) is 22.5. The fourth-order valence-corrected chi connectivity index (χ4v) is 9.80. The minimum atomic E-state index is -0.943. The van der Waals surface area contributed by atoms with E-state index in [2.05, 4.69) is 10.3 Å². The van der Waals surface area contributed by atoms with E-state index in [9.17, 15) is 24.3 Å². The lowest BCUT2D eigenvalue weighted by Crippen LogP contribution is -2.62. The molecular weight excluding hydrogens is 618 g/mol. The van der Waals surface area contributed by atoms with Gasteiger partial charge in [0.2, 0.25) is 23.6 Å². The van der Waals surface area contributed by atoms with Gasteiger partial charge in [0.25, 0.3) is 0 Å². The third-order valence-electron chi connectivity index (χ3n) is 11.3. The number of aliphatic hydroxyl groups is 1. The number of H-pyrrole nitrogens is 1. The summed E-state index contributed by atoms with van der Waals surface area (Å²) < 4.78 is 0. The summed E-state index contributed by atoms with van der Waals surface area (Å²) in [4.78, 5) is 61.7. The van der Waals surface area contributed by atoms with Crippen LogP contribution in [0.4, 0.5) is 0 Å². The molecule has 248 valence electrons. The van der Waals surface area contributed by atoms with Crippen LogP contribution >= 0.6 is 11.6 Å². The fourth-order valence-electron chi connectivity index (χ4n) is 9.61. The van der Waals surface area contributed by atoms with E-state index < -0.39 is 34.9 Å². The third kappa shape index (κ3) is 5.69. The van der Waals surface area contributed by atoms with Crippen LogP contribution in [0.3, 0.4) is 0 Å². The predicted octanol–water partition coefficient (Wildman–Crippen LogP) is 3.54. The Labute approximate surface area is 279 Å². The van der Waals surface area contributed by atoms with Gasteiger partial charge in [0.05, 0.1) is 16.9 Å². The van der Waals surface area contributed by atoms with Crippen molar-refractivity contribution in [1.82, 2.24) is 20.1 Å². The number of likely N-dealkylation sites (N-methyl/N-ethyl adjacent to an activating group) is 1. The van der Waals surface area contributed by atoms with E-state index in [0.717, 1.165) is 41.3 Å². The maximum Gasteiger partial charge on any atom is 0.245 e. The van der Waals surface area contributed by atoms with E-state index in [-0.39, 0.29) is 55.5 Å². The van der Waals surface area contributed by atoms with Crippen LogP contribution < -0.4 is 11.1 Å². The number of nitrogens with two attached hydrogens (primary N) is 1. The third-order valence-corrected chi connectivity index (χ3v) is 11.7. The zero-order valence-corrected chi connectivity index (χ0v) is 27.3. The minimum absolute atomic E-state index is 0.0328. The number of nitrogens with one attached hydrogen (secondary N) is 2. The number of para-hydroxylation sites is 1. The zero-order valence-electron chi connectivity index (χ0n) is 26.6. The van der Waals surface area contributed by atoms with Gasteiger partial charge in [-0.1, -0.05) is 48.0 Å². The smallest absolute Gasteiger partial charge is 0.245 e. The summed E-state index contributed by atoms with van der Waals surface area (Å²) >= 11 is 6.40. The first-order valence-electron chi connectivity index (χ1n) is 16.6. The predicted molar refractivity (Wildman–Crippen MR) is 177 cm³/mol. The second-order valence-corrected chi connectivity index (χ2v) is 15.1. The molecular formula is C36H42ClN5O5. The number of primary amides is 1. The Kier molecular flexibility index (Phi) is 8.07. The van der Waals surface area contributed by atoms with Gasteiger partial charge in [-0.2, -0.15) is 0 Å². The van der Waals surface area contributed by atoms with Crippen molar-refractivity contribution in [2.45, 2.75) is 76.1 Å². The number of nitrogens with zero attached hydrogens (tertiary/aromatic N) is 2. The number of halogens is 1. The summed E-state index contributed by atoms with van der Waals surface area (Å²) in [6.07, 6.45) is 5.46. The number of hydrogen-bond acceptors (Lipinski definition) is 5. The van der Waals surface area contributed by atoms with Gasteiger partial charge in [0.1, 0.15) is 12.1 Å². The first-order valence-corrected chi connectivity index (χ1v) is 17.0. The van der Waals surface area contributed by atoms with E-state index in [4.69, 9.17) is 17.3 Å². The molecule has 5 atom stereocenters. The van der Waals surface area contributed by atoms with Crippen LogP contribution in [-0.2, 0) is 32.1 Å². The van der Waals surface area contributed by atoms with E-state index in [1.54, 1.807) is 18.0 Å². The van der Waals surface area contributed by atoms with Crippen LogP contribution in [-0.4, -0.2) is 75.3 Å². The van der Waals surface area contributed by atoms with Crippen LogP contribution in [0.5, 0.6) is 0 Å². The number of amides is 4. The lowest BCUT2D eigenvalue weighted by atomic mass is 9.43. The maximum absolute atomic E-state index is 14.5. The molecule has 10 nitrogen and oxygen atoms in total. The molecule has 8 rings (SSSR count). The van der Waals surface area contributed by atoms with Gasteiger partial charge in [0.15, 0.2) is 0 Å². The van der Waals surface area contributed by atoms with E-state index in [1.807, 2.05) is 48.7 Å². The van der Waals surface area contributed by atoms with Crippen LogP contribution in [0, 0.1) is 22.7 Å². The average Bonchev–Trinajstić information content (AvgIpc) is 3.63. The summed E-state index contributed by atoms with van der Waals surface area (Å²) in [7, 11) is 1.68. The van der Waals surface area contributed by atoms with E-state index >= 15 is 0 Å². The van der Waals surface area contributed by atoms with Gasteiger partial charge < -0.3 is 30.9 Å². The number of likely N-dealkylation sites (tertiary alicyclic amines) is 1. The van der Waals surface area contributed by atoms with Crippen molar-refractivity contribution in [2.24, 2.45) is 28.4 Å². The fraction of sp³-hybridized carbons (Fsp3) is 0.500. The molecule has 1 aliphatic heterocycles. The summed E-state index contributed by atoms with van der Waals surface area (Å²) in [6.45, 7) is 0.281. The van der Waals surface area contributed by atoms with E-state index in [0.29, 0.717) is 24.3 Å². The molecule has 4 bridgehead atoms. The number of carbonyl (C=O) groups is 4. The molecule has 5 N–H and O–H groups in total. The van der Waals surface area contributed by atoms with Gasteiger partial charge in [-0.05, 0) is 73.6 Å². The molecule has 4 amide bonds. The summed E-state index contributed by atoms with van der Waals surface area (Å²) in [6, 6.07) is 13.2. The lowest BCUT2D eigenvalue weighted by molar-refractivity contribution is -0.174. The van der Waals surface area contributed by atoms with Crippen molar-refractivity contribution in [3.05, 3.63) is 70.9 Å². The number of rotatable bonds is 9. The Balaban J connectivity index is 1.14. The molecule has 5 aliphatic rings. The number of aliphatic hydroxyl groups excluding tert-OH is 1. The monoisotopic (exact) mass is 659 g/mol. The molecule has 0 spiro atoms. The van der Waals surface area contributed by atoms with Crippen molar-refractivity contribution in [2.75, 3.05) is 13.6 Å². The second kappa shape index (κ2) is 12.0. The van der Waals surface area contributed by atoms with Gasteiger partial charge in [-0.3, -0.25) is 19.2 Å². The van der Waals surface area contributed by atoms with Gasteiger partial charge >= 0.3 is 0 Å². The normalized spacial score (nSPS) is 30.0. The highest BCUT2D eigenvalue weighted by Crippen LogP contribution is 2.65. The molecule has 2 heterocycles. The molecule has 5 unspecified atom stereocenters. The highest BCUT2D eigenvalue weighted by Gasteiger charge is 2.64. The Hall–Kier alpha value is -3.89. The molecule has 47 heavy (non-hydrogen) atoms. The Morgan fingerprint density at radius 3 is 2.43 bits per heavy atom. The highest BCUT2D eigenvalue weighted by atomic mass is 35.5. The summed E-state index contributed by atoms with van der Waals surface area (Å²) in [5, 5.41) is 15.3. The first kappa shape index (κ1) is 31.7. The lowest BCUT2D eigenvalue weighted by Gasteiger charge is -2.60. The average molecular weight is 660 g/mol. The largest absolute Gasteiger partial charge is 0.391 e. The van der Waals surface area contributed by atoms with Crippen molar-refractivity contribution in [3.8, 4) is 0 Å². The van der Waals surface area contributed by atoms with Crippen molar-refractivity contribution < 1.29 is 24.3 Å². The van der Waals surface area contributed by atoms with Crippen molar-refractivity contribution in [3.63, 3.8) is 0 Å². The van der Waals surface area contributed by atoms with Crippen LogP contribution in [0.25, 0.3) is 10.9 Å². The molecule has 3 aromatic rings. The molecule has 1 saturated heterocycles. The number of carbonyl (C=O) groups excluding carboxylic acids is 4. The molecule has 11 heteroatoms. The van der Waals surface area contributed by atoms with E-state index in [1.165, 1.54) is 4.90 Å². The van der Waals surface area contributed by atoms with Gasteiger partial charge in [-0.15, -0.1) is 0 Å². The minimum Gasteiger partial charge on any atom is -0.391 e. The number of fused-ring (bicyclic) bond motifs is 1. The molecule has 4 aliphatic carbocycles. The topological polar surface area (TPSA) is 149 Å². The molecule has 0 radical (unpaired) electrons. The molecule has 1 aromatic heterocycles. The van der Waals surface area contributed by atoms with Crippen LogP contribution in [0.2, 0.25) is 5.02 Å². The summed E-state index contributed by atoms with van der Waals surface area (Å²) in [5.41, 5.74) is 7.06. The van der Waals surface area contributed by atoms with Crippen LogP contribution in [0.15, 0.2) is 54.7 Å².